The lowest BCUT2D eigenvalue weighted by molar-refractivity contribution is -0.194. The number of ether oxygens (including phenoxy) is 1. The average Bonchev–Trinajstić information content (AvgIpc) is 1.86. The first-order chi connectivity index (χ1) is 4.72. The van der Waals surface area contributed by atoms with E-state index in [-0.39, 0.29) is 0 Å². The van der Waals surface area contributed by atoms with Crippen molar-refractivity contribution in [2.45, 2.75) is 51.7 Å². The quantitative estimate of drug-likeness (QED) is 0.543. The molecule has 1 saturated carbocycles. The van der Waals surface area contributed by atoms with E-state index in [1.54, 1.807) is 0 Å². The Kier molecular flexibility index (Phi) is 1.31. The zero-order valence-electron chi connectivity index (χ0n) is 6.89. The molecule has 3 aliphatic rings. The molecule has 0 radical (unpaired) electrons. The van der Waals surface area contributed by atoms with Gasteiger partial charge < -0.3 is 4.74 Å². The van der Waals surface area contributed by atoms with Crippen LogP contribution in [0.2, 0.25) is 0 Å². The van der Waals surface area contributed by atoms with E-state index >= 15 is 0 Å². The minimum atomic E-state index is 0.617. The summed E-state index contributed by atoms with van der Waals surface area (Å²) in [6.45, 7) is 4.69. The van der Waals surface area contributed by atoms with Crippen LogP contribution in [-0.2, 0) is 4.74 Å². The molecule has 0 N–H and O–H groups in total. The smallest absolute Gasteiger partial charge is 0.0608 e. The summed E-state index contributed by atoms with van der Waals surface area (Å²) in [5.74, 6) is 0. The van der Waals surface area contributed by atoms with Crippen LogP contribution in [0.4, 0.5) is 0 Å². The first kappa shape index (κ1) is 6.66. The summed E-state index contributed by atoms with van der Waals surface area (Å²) in [6, 6.07) is 0. The molecule has 0 aromatic rings. The molecule has 1 aliphatic carbocycles. The maximum absolute atomic E-state index is 5.57. The zero-order valence-corrected chi connectivity index (χ0v) is 6.89. The van der Waals surface area contributed by atoms with Gasteiger partial charge in [0.1, 0.15) is 0 Å². The van der Waals surface area contributed by atoms with Crippen LogP contribution < -0.4 is 0 Å². The minimum Gasteiger partial charge on any atom is -0.375 e. The lowest BCUT2D eigenvalue weighted by Gasteiger charge is -2.50. The molecule has 2 atom stereocenters. The van der Waals surface area contributed by atoms with Crippen molar-refractivity contribution in [2.24, 2.45) is 5.41 Å². The molecular formula is C9H16O. The predicted molar refractivity (Wildman–Crippen MR) is 40.9 cm³/mol. The average molecular weight is 140 g/mol. The lowest BCUT2D eigenvalue weighted by atomic mass is 9.69. The fourth-order valence-corrected chi connectivity index (χ4v) is 2.29. The van der Waals surface area contributed by atoms with Gasteiger partial charge in [-0.25, -0.2) is 0 Å². The highest BCUT2D eigenvalue weighted by Crippen LogP contribution is 2.47. The fraction of sp³-hybridized carbons (Fsp3) is 1.00. The Balaban J connectivity index is 2.01. The van der Waals surface area contributed by atoms with Gasteiger partial charge in [0.15, 0.2) is 0 Å². The third-order valence-electron chi connectivity index (χ3n) is 3.21. The Morgan fingerprint density at radius 1 is 1.40 bits per heavy atom. The van der Waals surface area contributed by atoms with E-state index in [4.69, 9.17) is 4.74 Å². The molecule has 2 heterocycles. The van der Waals surface area contributed by atoms with Crippen molar-refractivity contribution in [2.75, 3.05) is 0 Å². The molecule has 0 aromatic heterocycles. The minimum absolute atomic E-state index is 0.617. The number of fused-ring (bicyclic) bond motifs is 2. The van der Waals surface area contributed by atoms with E-state index in [0.29, 0.717) is 17.6 Å². The molecule has 3 fully saturated rings. The van der Waals surface area contributed by atoms with Crippen LogP contribution in [0.5, 0.6) is 0 Å². The summed E-state index contributed by atoms with van der Waals surface area (Å²) in [5.41, 5.74) is 0.617. The largest absolute Gasteiger partial charge is 0.375 e. The second-order valence-corrected chi connectivity index (χ2v) is 4.19. The van der Waals surface area contributed by atoms with Crippen molar-refractivity contribution in [3.05, 3.63) is 0 Å². The van der Waals surface area contributed by atoms with E-state index in [1.807, 2.05) is 0 Å². The van der Waals surface area contributed by atoms with Gasteiger partial charge >= 0.3 is 0 Å². The molecule has 2 saturated heterocycles. The van der Waals surface area contributed by atoms with Crippen LogP contribution in [-0.4, -0.2) is 12.2 Å². The Morgan fingerprint density at radius 2 is 1.90 bits per heavy atom. The van der Waals surface area contributed by atoms with Crippen LogP contribution in [0, 0.1) is 5.41 Å². The Morgan fingerprint density at radius 3 is 2.20 bits per heavy atom. The molecule has 0 aromatic carbocycles. The van der Waals surface area contributed by atoms with Crippen molar-refractivity contribution >= 4 is 0 Å². The SMILES string of the molecule is CCC1(C)CC2CC(C1)O2. The summed E-state index contributed by atoms with van der Waals surface area (Å²) >= 11 is 0. The molecule has 0 spiro atoms. The van der Waals surface area contributed by atoms with Crippen molar-refractivity contribution in [1.82, 2.24) is 0 Å². The molecule has 2 unspecified atom stereocenters. The van der Waals surface area contributed by atoms with Gasteiger partial charge in [-0.3, -0.25) is 0 Å². The first-order valence-corrected chi connectivity index (χ1v) is 4.37. The van der Waals surface area contributed by atoms with Crippen molar-refractivity contribution < 1.29 is 4.74 Å². The third kappa shape index (κ3) is 0.878. The third-order valence-corrected chi connectivity index (χ3v) is 3.21. The highest BCUT2D eigenvalue weighted by atomic mass is 16.5. The van der Waals surface area contributed by atoms with Gasteiger partial charge in [0, 0.05) is 0 Å². The van der Waals surface area contributed by atoms with Crippen LogP contribution >= 0.6 is 0 Å². The standard InChI is InChI=1S/C9H16O/c1-3-9(2)5-7-4-8(6-9)10-7/h7-8H,3-6H2,1-2H3. The van der Waals surface area contributed by atoms with Crippen LogP contribution in [0.3, 0.4) is 0 Å². The summed E-state index contributed by atoms with van der Waals surface area (Å²) in [7, 11) is 0. The van der Waals surface area contributed by atoms with E-state index in [1.165, 1.54) is 25.7 Å². The van der Waals surface area contributed by atoms with Crippen molar-refractivity contribution in [1.29, 1.82) is 0 Å². The molecule has 1 heteroatoms. The van der Waals surface area contributed by atoms with E-state index in [0.717, 1.165) is 0 Å². The summed E-state index contributed by atoms with van der Waals surface area (Å²) in [4.78, 5) is 0. The van der Waals surface area contributed by atoms with E-state index in [9.17, 15) is 0 Å². The Labute approximate surface area is 62.8 Å². The van der Waals surface area contributed by atoms with Gasteiger partial charge in [0.25, 0.3) is 0 Å². The normalized spacial score (nSPS) is 52.2. The lowest BCUT2D eigenvalue weighted by Crippen LogP contribution is -2.49. The second kappa shape index (κ2) is 1.97. The van der Waals surface area contributed by atoms with E-state index in [2.05, 4.69) is 13.8 Å². The van der Waals surface area contributed by atoms with Crippen LogP contribution in [0.1, 0.15) is 39.5 Å². The Bertz CT molecular complexity index is 126. The monoisotopic (exact) mass is 140 g/mol. The van der Waals surface area contributed by atoms with Gasteiger partial charge in [-0.1, -0.05) is 20.3 Å². The van der Waals surface area contributed by atoms with Gasteiger partial charge in [0.05, 0.1) is 12.2 Å². The zero-order chi connectivity index (χ0) is 7.19. The maximum Gasteiger partial charge on any atom is 0.0608 e. The molecule has 1 nitrogen and oxygen atoms in total. The topological polar surface area (TPSA) is 9.23 Å². The molecule has 10 heavy (non-hydrogen) atoms. The highest BCUT2D eigenvalue weighted by Gasteiger charge is 2.44. The van der Waals surface area contributed by atoms with Crippen LogP contribution in [0.15, 0.2) is 0 Å². The molecule has 3 rings (SSSR count). The molecular weight excluding hydrogens is 124 g/mol. The molecule has 0 amide bonds. The van der Waals surface area contributed by atoms with Crippen LogP contribution in [0.25, 0.3) is 0 Å². The second-order valence-electron chi connectivity index (χ2n) is 4.19. The molecule has 2 bridgehead atoms. The first-order valence-electron chi connectivity index (χ1n) is 4.37. The molecule has 2 aliphatic heterocycles. The number of hydrogen-bond acceptors (Lipinski definition) is 1. The van der Waals surface area contributed by atoms with E-state index < -0.39 is 0 Å². The number of rotatable bonds is 1. The predicted octanol–water partition coefficient (Wildman–Crippen LogP) is 2.35. The van der Waals surface area contributed by atoms with Gasteiger partial charge in [-0.2, -0.15) is 0 Å². The van der Waals surface area contributed by atoms with Crippen molar-refractivity contribution in [3.63, 3.8) is 0 Å². The maximum atomic E-state index is 5.57. The van der Waals surface area contributed by atoms with Gasteiger partial charge in [-0.15, -0.1) is 0 Å². The van der Waals surface area contributed by atoms with Gasteiger partial charge in [0.2, 0.25) is 0 Å². The summed E-state index contributed by atoms with van der Waals surface area (Å²) in [5, 5.41) is 0. The Hall–Kier alpha value is -0.0400. The fourth-order valence-electron chi connectivity index (χ4n) is 2.29. The molecule has 58 valence electrons. The number of hydrogen-bond donors (Lipinski definition) is 0. The highest BCUT2D eigenvalue weighted by molar-refractivity contribution is 4.94. The van der Waals surface area contributed by atoms with Crippen molar-refractivity contribution in [3.8, 4) is 0 Å². The summed E-state index contributed by atoms with van der Waals surface area (Å²) < 4.78 is 5.57. The summed E-state index contributed by atoms with van der Waals surface area (Å²) in [6.07, 6.45) is 6.53. The van der Waals surface area contributed by atoms with Gasteiger partial charge in [-0.05, 0) is 24.7 Å².